The zero-order valence-electron chi connectivity index (χ0n) is 14.7. The van der Waals surface area contributed by atoms with Gasteiger partial charge < -0.3 is 14.5 Å². The van der Waals surface area contributed by atoms with Crippen molar-refractivity contribution in [2.75, 3.05) is 20.3 Å². The van der Waals surface area contributed by atoms with Gasteiger partial charge in [-0.05, 0) is 49.6 Å². The number of ether oxygens (including phenoxy) is 2. The van der Waals surface area contributed by atoms with E-state index in [4.69, 9.17) is 9.47 Å². The molecule has 0 bridgehead atoms. The van der Waals surface area contributed by atoms with E-state index < -0.39 is 16.0 Å². The molecule has 1 aromatic carbocycles. The number of nitrogens with one attached hydrogen (secondary N) is 2. The third-order valence-corrected chi connectivity index (χ3v) is 5.19. The molecule has 0 saturated heterocycles. The van der Waals surface area contributed by atoms with Crippen molar-refractivity contribution in [3.05, 3.63) is 46.8 Å². The molecule has 0 atom stereocenters. The van der Waals surface area contributed by atoms with Crippen LogP contribution in [0.4, 0.5) is 0 Å². The Kier molecular flexibility index (Phi) is 5.99. The Balaban J connectivity index is 2.16. The highest BCUT2D eigenvalue weighted by atomic mass is 32.2. The van der Waals surface area contributed by atoms with Crippen LogP contribution in [0.5, 0.6) is 5.75 Å². The van der Waals surface area contributed by atoms with Crippen LogP contribution in [0.3, 0.4) is 0 Å². The number of H-pyrrole nitrogens is 1. The summed E-state index contributed by atoms with van der Waals surface area (Å²) in [6, 6.07) is 5.01. The summed E-state index contributed by atoms with van der Waals surface area (Å²) in [5.41, 5.74) is 2.91. The highest BCUT2D eigenvalue weighted by Gasteiger charge is 2.20. The fourth-order valence-electron chi connectivity index (χ4n) is 2.27. The highest BCUT2D eigenvalue weighted by Crippen LogP contribution is 2.24. The van der Waals surface area contributed by atoms with Crippen molar-refractivity contribution < 1.29 is 22.7 Å². The Bertz CT molecular complexity index is 871. The molecule has 7 nitrogen and oxygen atoms in total. The molecule has 0 saturated carbocycles. The van der Waals surface area contributed by atoms with Crippen LogP contribution in [0.25, 0.3) is 0 Å². The van der Waals surface area contributed by atoms with Crippen molar-refractivity contribution in [3.8, 4) is 5.75 Å². The number of benzene rings is 1. The standard InChI is InChI=1S/C17H22N2O5S/c1-11-7-12(2)13(3)16(8-11)24-17(20)15-9-14(10-18-15)25(21,22)19-5-6-23-4/h7-10,18-19H,5-6H2,1-4H3. The van der Waals surface area contributed by atoms with Crippen LogP contribution < -0.4 is 9.46 Å². The number of aromatic nitrogens is 1. The quantitative estimate of drug-likeness (QED) is 0.444. The van der Waals surface area contributed by atoms with E-state index in [1.54, 1.807) is 6.07 Å². The van der Waals surface area contributed by atoms with Crippen molar-refractivity contribution >= 4 is 16.0 Å². The van der Waals surface area contributed by atoms with Crippen LogP contribution in [0.2, 0.25) is 0 Å². The number of rotatable bonds is 7. The van der Waals surface area contributed by atoms with Gasteiger partial charge in [-0.15, -0.1) is 0 Å². The molecule has 0 fully saturated rings. The molecular formula is C17H22N2O5S. The van der Waals surface area contributed by atoms with Crippen molar-refractivity contribution in [1.29, 1.82) is 0 Å². The maximum atomic E-state index is 12.3. The predicted molar refractivity (Wildman–Crippen MR) is 93.5 cm³/mol. The summed E-state index contributed by atoms with van der Waals surface area (Å²) >= 11 is 0. The minimum Gasteiger partial charge on any atom is -0.422 e. The Morgan fingerprint density at radius 1 is 1.20 bits per heavy atom. The van der Waals surface area contributed by atoms with Gasteiger partial charge in [0.05, 0.1) is 6.61 Å². The number of hydrogen-bond donors (Lipinski definition) is 2. The maximum absolute atomic E-state index is 12.3. The largest absolute Gasteiger partial charge is 0.422 e. The number of sulfonamides is 1. The number of carbonyl (C=O) groups is 1. The average Bonchev–Trinajstić information content (AvgIpc) is 3.03. The van der Waals surface area contributed by atoms with Gasteiger partial charge in [0.25, 0.3) is 0 Å². The van der Waals surface area contributed by atoms with Gasteiger partial charge in [0.1, 0.15) is 16.3 Å². The van der Waals surface area contributed by atoms with Crippen molar-refractivity contribution in [2.45, 2.75) is 25.7 Å². The SMILES string of the molecule is COCCNS(=O)(=O)c1c[nH]c(C(=O)Oc2cc(C)cc(C)c2C)c1. The van der Waals surface area contributed by atoms with Gasteiger partial charge in [0.15, 0.2) is 0 Å². The van der Waals surface area contributed by atoms with Gasteiger partial charge in [0, 0.05) is 19.9 Å². The normalized spacial score (nSPS) is 11.5. The van der Waals surface area contributed by atoms with E-state index in [0.29, 0.717) is 5.75 Å². The van der Waals surface area contributed by atoms with Gasteiger partial charge in [-0.25, -0.2) is 17.9 Å². The predicted octanol–water partition coefficient (Wildman–Crippen LogP) is 2.08. The molecule has 2 N–H and O–H groups in total. The minimum absolute atomic E-state index is 0.0345. The van der Waals surface area contributed by atoms with Crippen molar-refractivity contribution in [3.63, 3.8) is 0 Å². The van der Waals surface area contributed by atoms with Crippen molar-refractivity contribution in [1.82, 2.24) is 9.71 Å². The summed E-state index contributed by atoms with van der Waals surface area (Å²) in [6.45, 7) is 6.11. The highest BCUT2D eigenvalue weighted by molar-refractivity contribution is 7.89. The Hall–Kier alpha value is -2.16. The summed E-state index contributed by atoms with van der Waals surface area (Å²) in [5.74, 6) is -0.189. The minimum atomic E-state index is -3.71. The number of aromatic amines is 1. The molecule has 2 rings (SSSR count). The third-order valence-electron chi connectivity index (χ3n) is 3.75. The van der Waals surface area contributed by atoms with E-state index in [2.05, 4.69) is 9.71 Å². The number of esters is 1. The first kappa shape index (κ1) is 19.2. The Labute approximate surface area is 147 Å². The fraction of sp³-hybridized carbons (Fsp3) is 0.353. The van der Waals surface area contributed by atoms with E-state index in [-0.39, 0.29) is 23.7 Å². The topological polar surface area (TPSA) is 97.5 Å². The maximum Gasteiger partial charge on any atom is 0.360 e. The third kappa shape index (κ3) is 4.68. The van der Waals surface area contributed by atoms with Crippen LogP contribution in [0.15, 0.2) is 29.3 Å². The molecule has 25 heavy (non-hydrogen) atoms. The lowest BCUT2D eigenvalue weighted by molar-refractivity contribution is 0.0728. The smallest absolute Gasteiger partial charge is 0.360 e. The van der Waals surface area contributed by atoms with E-state index in [0.717, 1.165) is 16.7 Å². The van der Waals surface area contributed by atoms with Gasteiger partial charge in [0.2, 0.25) is 10.0 Å². The summed E-state index contributed by atoms with van der Waals surface area (Å²) in [4.78, 5) is 14.9. The number of hydrogen-bond acceptors (Lipinski definition) is 5. The number of methoxy groups -OCH3 is 1. The first-order valence-corrected chi connectivity index (χ1v) is 9.20. The fourth-order valence-corrected chi connectivity index (χ4v) is 3.28. The van der Waals surface area contributed by atoms with Gasteiger partial charge in [-0.1, -0.05) is 6.07 Å². The van der Waals surface area contributed by atoms with E-state index in [1.807, 2.05) is 26.8 Å². The van der Waals surface area contributed by atoms with Crippen LogP contribution in [0, 0.1) is 20.8 Å². The van der Waals surface area contributed by atoms with E-state index >= 15 is 0 Å². The first-order chi connectivity index (χ1) is 11.7. The summed E-state index contributed by atoms with van der Waals surface area (Å²) < 4.78 is 36.8. The van der Waals surface area contributed by atoms with Crippen LogP contribution in [-0.4, -0.2) is 39.6 Å². The molecule has 8 heteroatoms. The number of carbonyl (C=O) groups excluding carboxylic acids is 1. The Morgan fingerprint density at radius 2 is 1.92 bits per heavy atom. The second kappa shape index (κ2) is 7.81. The zero-order valence-corrected chi connectivity index (χ0v) is 15.5. The molecule has 1 aromatic heterocycles. The molecule has 0 unspecified atom stereocenters. The monoisotopic (exact) mass is 366 g/mol. The van der Waals surface area contributed by atoms with E-state index in [9.17, 15) is 13.2 Å². The summed E-state index contributed by atoms with van der Waals surface area (Å²) in [5, 5.41) is 0. The lowest BCUT2D eigenvalue weighted by Gasteiger charge is -2.10. The van der Waals surface area contributed by atoms with Crippen molar-refractivity contribution in [2.24, 2.45) is 0 Å². The second-order valence-electron chi connectivity index (χ2n) is 5.73. The van der Waals surface area contributed by atoms with Crippen LogP contribution in [-0.2, 0) is 14.8 Å². The molecule has 0 amide bonds. The number of aryl methyl sites for hydroxylation is 2. The molecular weight excluding hydrogens is 344 g/mol. The molecule has 1 heterocycles. The van der Waals surface area contributed by atoms with Gasteiger partial charge in [-0.3, -0.25) is 0 Å². The zero-order chi connectivity index (χ0) is 18.6. The van der Waals surface area contributed by atoms with E-state index in [1.165, 1.54) is 19.4 Å². The first-order valence-electron chi connectivity index (χ1n) is 7.71. The molecule has 0 aliphatic rings. The Morgan fingerprint density at radius 3 is 2.60 bits per heavy atom. The summed E-state index contributed by atoms with van der Waals surface area (Å²) in [7, 11) is -2.23. The molecule has 2 aromatic rings. The molecule has 0 aliphatic carbocycles. The molecule has 0 radical (unpaired) electrons. The second-order valence-corrected chi connectivity index (χ2v) is 7.50. The van der Waals surface area contributed by atoms with Crippen LogP contribution >= 0.6 is 0 Å². The van der Waals surface area contributed by atoms with Gasteiger partial charge >= 0.3 is 5.97 Å². The lowest BCUT2D eigenvalue weighted by Crippen LogP contribution is -2.26. The van der Waals surface area contributed by atoms with Gasteiger partial charge in [-0.2, -0.15) is 0 Å². The summed E-state index contributed by atoms with van der Waals surface area (Å²) in [6.07, 6.45) is 1.25. The molecule has 0 spiro atoms. The van der Waals surface area contributed by atoms with Crippen LogP contribution in [0.1, 0.15) is 27.2 Å². The average molecular weight is 366 g/mol. The lowest BCUT2D eigenvalue weighted by atomic mass is 10.1. The molecule has 136 valence electrons. The molecule has 0 aliphatic heterocycles.